The Hall–Kier alpha value is -1.06. The minimum atomic E-state index is -0.375. The zero-order chi connectivity index (χ0) is 11.4. The predicted molar refractivity (Wildman–Crippen MR) is 60.9 cm³/mol. The number of rotatable bonds is 4. The monoisotopic (exact) mass is 209 g/mol. The van der Waals surface area contributed by atoms with E-state index in [2.05, 4.69) is 5.32 Å². The Labute approximate surface area is 90.8 Å². The number of phenols is 1. The van der Waals surface area contributed by atoms with Gasteiger partial charge in [0.2, 0.25) is 0 Å². The van der Waals surface area contributed by atoms with E-state index in [1.807, 2.05) is 26.0 Å². The van der Waals surface area contributed by atoms with Crippen LogP contribution in [-0.4, -0.2) is 22.9 Å². The third kappa shape index (κ3) is 3.53. The smallest absolute Gasteiger partial charge is 0.120 e. The van der Waals surface area contributed by atoms with Gasteiger partial charge in [0.1, 0.15) is 5.75 Å². The predicted octanol–water partition coefficient (Wildman–Crippen LogP) is 1.73. The molecule has 1 rings (SSSR count). The van der Waals surface area contributed by atoms with Crippen LogP contribution < -0.4 is 5.32 Å². The Morgan fingerprint density at radius 1 is 1.33 bits per heavy atom. The average Bonchev–Trinajstić information content (AvgIpc) is 2.14. The van der Waals surface area contributed by atoms with E-state index >= 15 is 0 Å². The van der Waals surface area contributed by atoms with Crippen molar-refractivity contribution >= 4 is 0 Å². The Bertz CT molecular complexity index is 323. The molecule has 0 fully saturated rings. The van der Waals surface area contributed by atoms with Gasteiger partial charge in [-0.15, -0.1) is 0 Å². The van der Waals surface area contributed by atoms with Gasteiger partial charge in [0, 0.05) is 18.2 Å². The highest BCUT2D eigenvalue weighted by Gasteiger charge is 2.10. The minimum Gasteiger partial charge on any atom is -0.508 e. The van der Waals surface area contributed by atoms with Crippen LogP contribution in [0.2, 0.25) is 0 Å². The molecule has 3 heteroatoms. The van der Waals surface area contributed by atoms with Gasteiger partial charge in [-0.05, 0) is 32.4 Å². The van der Waals surface area contributed by atoms with Crippen molar-refractivity contribution in [1.82, 2.24) is 5.32 Å². The lowest BCUT2D eigenvalue weighted by Gasteiger charge is -2.16. The molecule has 0 spiro atoms. The second-order valence-corrected chi connectivity index (χ2v) is 4.04. The summed E-state index contributed by atoms with van der Waals surface area (Å²) in [4.78, 5) is 0. The highest BCUT2D eigenvalue weighted by atomic mass is 16.3. The molecule has 0 saturated carbocycles. The molecule has 0 aliphatic heterocycles. The molecule has 2 atom stereocenters. The standard InChI is InChI=1S/C12H19NO2/c1-8-4-5-11(12(15)6-8)10(3)13-7-9(2)14/h4-6,9-10,13-15H,7H2,1-3H3. The van der Waals surface area contributed by atoms with Crippen molar-refractivity contribution in [2.75, 3.05) is 6.54 Å². The first-order chi connectivity index (χ1) is 7.00. The molecule has 0 amide bonds. The van der Waals surface area contributed by atoms with Gasteiger partial charge in [0.15, 0.2) is 0 Å². The van der Waals surface area contributed by atoms with Crippen LogP contribution in [-0.2, 0) is 0 Å². The molecule has 0 aromatic heterocycles. The van der Waals surface area contributed by atoms with Crippen LogP contribution >= 0.6 is 0 Å². The Morgan fingerprint density at radius 2 is 2.00 bits per heavy atom. The molecule has 0 aliphatic carbocycles. The van der Waals surface area contributed by atoms with E-state index < -0.39 is 0 Å². The first-order valence-corrected chi connectivity index (χ1v) is 5.21. The number of aliphatic hydroxyl groups excluding tert-OH is 1. The quantitative estimate of drug-likeness (QED) is 0.708. The summed E-state index contributed by atoms with van der Waals surface area (Å²) in [6.45, 7) is 6.16. The van der Waals surface area contributed by atoms with Crippen LogP contribution in [0.15, 0.2) is 18.2 Å². The summed E-state index contributed by atoms with van der Waals surface area (Å²) in [7, 11) is 0. The molecule has 0 aliphatic rings. The Balaban J connectivity index is 2.69. The van der Waals surface area contributed by atoms with Gasteiger partial charge in [-0.2, -0.15) is 0 Å². The summed E-state index contributed by atoms with van der Waals surface area (Å²) in [6.07, 6.45) is -0.375. The van der Waals surface area contributed by atoms with Gasteiger partial charge in [0.05, 0.1) is 6.10 Å². The van der Waals surface area contributed by atoms with E-state index in [1.54, 1.807) is 13.0 Å². The summed E-state index contributed by atoms with van der Waals surface area (Å²) < 4.78 is 0. The molecular formula is C12H19NO2. The van der Waals surface area contributed by atoms with Crippen molar-refractivity contribution in [3.05, 3.63) is 29.3 Å². The summed E-state index contributed by atoms with van der Waals surface area (Å²) in [5.74, 6) is 0.306. The maximum atomic E-state index is 9.72. The zero-order valence-corrected chi connectivity index (χ0v) is 9.49. The summed E-state index contributed by atoms with van der Waals surface area (Å²) in [5.41, 5.74) is 1.90. The van der Waals surface area contributed by atoms with Gasteiger partial charge >= 0.3 is 0 Å². The number of aromatic hydroxyl groups is 1. The molecule has 3 nitrogen and oxygen atoms in total. The normalized spacial score (nSPS) is 14.9. The van der Waals surface area contributed by atoms with Gasteiger partial charge in [0.25, 0.3) is 0 Å². The van der Waals surface area contributed by atoms with E-state index in [9.17, 15) is 5.11 Å². The highest BCUT2D eigenvalue weighted by molar-refractivity contribution is 5.37. The topological polar surface area (TPSA) is 52.5 Å². The van der Waals surface area contributed by atoms with Crippen molar-refractivity contribution in [3.63, 3.8) is 0 Å². The highest BCUT2D eigenvalue weighted by Crippen LogP contribution is 2.24. The lowest BCUT2D eigenvalue weighted by atomic mass is 10.0. The number of hydrogen-bond acceptors (Lipinski definition) is 3. The zero-order valence-electron chi connectivity index (χ0n) is 9.49. The van der Waals surface area contributed by atoms with Crippen molar-refractivity contribution in [2.45, 2.75) is 32.9 Å². The first kappa shape index (κ1) is 12.0. The van der Waals surface area contributed by atoms with E-state index in [0.29, 0.717) is 12.3 Å². The van der Waals surface area contributed by atoms with E-state index in [4.69, 9.17) is 5.11 Å². The summed E-state index contributed by atoms with van der Waals surface area (Å²) in [6, 6.07) is 5.66. The fourth-order valence-corrected chi connectivity index (χ4v) is 1.48. The maximum Gasteiger partial charge on any atom is 0.120 e. The molecule has 0 saturated heterocycles. The molecule has 15 heavy (non-hydrogen) atoms. The van der Waals surface area contributed by atoms with Crippen molar-refractivity contribution < 1.29 is 10.2 Å². The fourth-order valence-electron chi connectivity index (χ4n) is 1.48. The molecule has 2 unspecified atom stereocenters. The number of aliphatic hydroxyl groups is 1. The Kier molecular flexibility index (Phi) is 4.12. The van der Waals surface area contributed by atoms with Crippen LogP contribution in [0, 0.1) is 6.92 Å². The SMILES string of the molecule is Cc1ccc(C(C)NCC(C)O)c(O)c1. The van der Waals surface area contributed by atoms with Gasteiger partial charge in [-0.3, -0.25) is 0 Å². The molecule has 84 valence electrons. The fraction of sp³-hybridized carbons (Fsp3) is 0.500. The molecule has 0 radical (unpaired) electrons. The number of phenolic OH excluding ortho intramolecular Hbond substituents is 1. The van der Waals surface area contributed by atoms with Crippen molar-refractivity contribution in [3.8, 4) is 5.75 Å². The van der Waals surface area contributed by atoms with Crippen LogP contribution in [0.25, 0.3) is 0 Å². The second-order valence-electron chi connectivity index (χ2n) is 4.04. The van der Waals surface area contributed by atoms with Gasteiger partial charge in [-0.1, -0.05) is 12.1 Å². The van der Waals surface area contributed by atoms with E-state index in [0.717, 1.165) is 11.1 Å². The third-order valence-electron chi connectivity index (χ3n) is 2.37. The molecule has 0 bridgehead atoms. The number of nitrogens with one attached hydrogen (secondary N) is 1. The molecular weight excluding hydrogens is 190 g/mol. The summed E-state index contributed by atoms with van der Waals surface area (Å²) in [5, 5.41) is 22.0. The van der Waals surface area contributed by atoms with Crippen molar-refractivity contribution in [1.29, 1.82) is 0 Å². The lowest BCUT2D eigenvalue weighted by molar-refractivity contribution is 0.187. The minimum absolute atomic E-state index is 0.0419. The average molecular weight is 209 g/mol. The van der Waals surface area contributed by atoms with Gasteiger partial charge < -0.3 is 15.5 Å². The second kappa shape index (κ2) is 5.14. The molecule has 3 N–H and O–H groups in total. The maximum absolute atomic E-state index is 9.72. The van der Waals surface area contributed by atoms with Crippen LogP contribution in [0.1, 0.15) is 31.0 Å². The molecule has 1 aromatic rings. The van der Waals surface area contributed by atoms with E-state index in [-0.39, 0.29) is 12.1 Å². The summed E-state index contributed by atoms with van der Waals surface area (Å²) >= 11 is 0. The van der Waals surface area contributed by atoms with Crippen LogP contribution in [0.5, 0.6) is 5.75 Å². The number of aryl methyl sites for hydroxylation is 1. The Morgan fingerprint density at radius 3 is 2.53 bits per heavy atom. The number of benzene rings is 1. The van der Waals surface area contributed by atoms with Crippen LogP contribution in [0.4, 0.5) is 0 Å². The van der Waals surface area contributed by atoms with Crippen molar-refractivity contribution in [2.24, 2.45) is 0 Å². The van der Waals surface area contributed by atoms with E-state index in [1.165, 1.54) is 0 Å². The lowest BCUT2D eigenvalue weighted by Crippen LogP contribution is -2.27. The molecule has 0 heterocycles. The third-order valence-corrected chi connectivity index (χ3v) is 2.37. The molecule has 1 aromatic carbocycles. The van der Waals surface area contributed by atoms with Crippen LogP contribution in [0.3, 0.4) is 0 Å². The first-order valence-electron chi connectivity index (χ1n) is 5.21. The largest absolute Gasteiger partial charge is 0.508 e. The number of hydrogen-bond donors (Lipinski definition) is 3. The van der Waals surface area contributed by atoms with Gasteiger partial charge in [-0.25, -0.2) is 0 Å².